The second kappa shape index (κ2) is 6.59. The van der Waals surface area contributed by atoms with Gasteiger partial charge in [-0.05, 0) is 25.5 Å². The van der Waals surface area contributed by atoms with Gasteiger partial charge in [0.25, 0.3) is 0 Å². The van der Waals surface area contributed by atoms with E-state index in [1.54, 1.807) is 11.8 Å². The molecule has 16 heavy (non-hydrogen) atoms. The van der Waals surface area contributed by atoms with E-state index in [4.69, 9.17) is 0 Å². The lowest BCUT2D eigenvalue weighted by Gasteiger charge is -2.23. The fourth-order valence-corrected chi connectivity index (χ4v) is 2.13. The highest BCUT2D eigenvalue weighted by molar-refractivity contribution is 8.00. The first-order valence-electron chi connectivity index (χ1n) is 5.58. The van der Waals surface area contributed by atoms with Crippen LogP contribution in [0.25, 0.3) is 0 Å². The van der Waals surface area contributed by atoms with Crippen LogP contribution in [0.4, 0.5) is 0 Å². The largest absolute Gasteiger partial charge is 0.342 e. The van der Waals surface area contributed by atoms with E-state index < -0.39 is 0 Å². The molecule has 1 aromatic rings. The SMILES string of the molecule is CC[C@H](C)N(C)C(=O)CSc1ccccc1. The molecule has 0 N–H and O–H groups in total. The van der Waals surface area contributed by atoms with Crippen LogP contribution < -0.4 is 0 Å². The highest BCUT2D eigenvalue weighted by Crippen LogP contribution is 2.17. The third kappa shape index (κ3) is 3.89. The van der Waals surface area contributed by atoms with Crippen LogP contribution in [0.3, 0.4) is 0 Å². The number of thioether (sulfide) groups is 1. The van der Waals surface area contributed by atoms with Crippen LogP contribution in [-0.4, -0.2) is 29.6 Å². The van der Waals surface area contributed by atoms with E-state index in [2.05, 4.69) is 13.8 Å². The second-order valence-corrected chi connectivity index (χ2v) is 4.91. The van der Waals surface area contributed by atoms with Gasteiger partial charge in [-0.25, -0.2) is 0 Å². The van der Waals surface area contributed by atoms with Gasteiger partial charge >= 0.3 is 0 Å². The summed E-state index contributed by atoms with van der Waals surface area (Å²) >= 11 is 1.59. The number of benzene rings is 1. The van der Waals surface area contributed by atoms with Gasteiger partial charge in [0, 0.05) is 18.0 Å². The van der Waals surface area contributed by atoms with Crippen LogP contribution in [0.1, 0.15) is 20.3 Å². The molecule has 0 unspecified atom stereocenters. The maximum absolute atomic E-state index is 11.8. The monoisotopic (exact) mass is 237 g/mol. The van der Waals surface area contributed by atoms with Crippen molar-refractivity contribution in [2.75, 3.05) is 12.8 Å². The number of amides is 1. The summed E-state index contributed by atoms with van der Waals surface area (Å²) in [7, 11) is 1.88. The van der Waals surface area contributed by atoms with E-state index >= 15 is 0 Å². The van der Waals surface area contributed by atoms with Crippen LogP contribution >= 0.6 is 11.8 Å². The van der Waals surface area contributed by atoms with Crippen molar-refractivity contribution in [1.82, 2.24) is 4.90 Å². The standard InChI is InChI=1S/C13H19NOS/c1-4-11(2)14(3)13(15)10-16-12-8-6-5-7-9-12/h5-9,11H,4,10H2,1-3H3/t11-/m0/s1. The molecular formula is C13H19NOS. The van der Waals surface area contributed by atoms with Crippen LogP contribution in [0.5, 0.6) is 0 Å². The summed E-state index contributed by atoms with van der Waals surface area (Å²) in [6.45, 7) is 4.17. The lowest BCUT2D eigenvalue weighted by atomic mass is 10.2. The van der Waals surface area contributed by atoms with Crippen molar-refractivity contribution >= 4 is 17.7 Å². The molecule has 0 spiro atoms. The predicted molar refractivity (Wildman–Crippen MR) is 69.7 cm³/mol. The van der Waals surface area contributed by atoms with Gasteiger partial charge in [0.1, 0.15) is 0 Å². The summed E-state index contributed by atoms with van der Waals surface area (Å²) in [5.41, 5.74) is 0. The Balaban J connectivity index is 2.41. The topological polar surface area (TPSA) is 20.3 Å². The van der Waals surface area contributed by atoms with Gasteiger partial charge in [-0.15, -0.1) is 11.8 Å². The lowest BCUT2D eigenvalue weighted by molar-refractivity contribution is -0.128. The Morgan fingerprint density at radius 3 is 2.56 bits per heavy atom. The summed E-state index contributed by atoms with van der Waals surface area (Å²) in [4.78, 5) is 14.8. The highest BCUT2D eigenvalue weighted by Gasteiger charge is 2.13. The highest BCUT2D eigenvalue weighted by atomic mass is 32.2. The van der Waals surface area contributed by atoms with Gasteiger partial charge in [-0.1, -0.05) is 25.1 Å². The third-order valence-electron chi connectivity index (χ3n) is 2.75. The lowest BCUT2D eigenvalue weighted by Crippen LogP contribution is -2.35. The molecule has 0 aliphatic heterocycles. The third-order valence-corrected chi connectivity index (χ3v) is 3.75. The molecule has 0 fully saturated rings. The van der Waals surface area contributed by atoms with Gasteiger partial charge in [0.05, 0.1) is 5.75 Å². The van der Waals surface area contributed by atoms with E-state index in [0.717, 1.165) is 11.3 Å². The Hall–Kier alpha value is -0.960. The zero-order valence-electron chi connectivity index (χ0n) is 10.1. The van der Waals surface area contributed by atoms with Crippen molar-refractivity contribution in [3.63, 3.8) is 0 Å². The normalized spacial score (nSPS) is 12.2. The molecule has 0 aliphatic rings. The number of hydrogen-bond acceptors (Lipinski definition) is 2. The van der Waals surface area contributed by atoms with Gasteiger partial charge < -0.3 is 4.90 Å². The molecule has 0 aliphatic carbocycles. The number of carbonyl (C=O) groups excluding carboxylic acids is 1. The Morgan fingerprint density at radius 2 is 2.00 bits per heavy atom. The zero-order valence-corrected chi connectivity index (χ0v) is 11.0. The van der Waals surface area contributed by atoms with E-state index in [9.17, 15) is 4.79 Å². The number of rotatable bonds is 5. The summed E-state index contributed by atoms with van der Waals surface area (Å²) in [6, 6.07) is 10.3. The average molecular weight is 237 g/mol. The van der Waals surface area contributed by atoms with Crippen LogP contribution in [-0.2, 0) is 4.79 Å². The Bertz CT molecular complexity index is 326. The number of hydrogen-bond donors (Lipinski definition) is 0. The van der Waals surface area contributed by atoms with E-state index in [0.29, 0.717) is 11.8 Å². The van der Waals surface area contributed by atoms with Gasteiger partial charge in [-0.3, -0.25) is 4.79 Å². The summed E-state index contributed by atoms with van der Waals surface area (Å²) in [6.07, 6.45) is 0.998. The minimum absolute atomic E-state index is 0.197. The summed E-state index contributed by atoms with van der Waals surface area (Å²) < 4.78 is 0. The molecular weight excluding hydrogens is 218 g/mol. The minimum atomic E-state index is 0.197. The fourth-order valence-electron chi connectivity index (χ4n) is 1.28. The van der Waals surface area contributed by atoms with Crippen LogP contribution in [0.2, 0.25) is 0 Å². The molecule has 1 amide bonds. The molecule has 1 atom stereocenters. The molecule has 3 heteroatoms. The summed E-state index contributed by atoms with van der Waals surface area (Å²) in [5.74, 6) is 0.716. The van der Waals surface area contributed by atoms with Crippen molar-refractivity contribution < 1.29 is 4.79 Å². The molecule has 0 aromatic heterocycles. The van der Waals surface area contributed by atoms with Crippen LogP contribution in [0.15, 0.2) is 35.2 Å². The van der Waals surface area contributed by atoms with Gasteiger partial charge in [-0.2, -0.15) is 0 Å². The number of carbonyl (C=O) groups is 1. The van der Waals surface area contributed by atoms with Crippen molar-refractivity contribution in [2.45, 2.75) is 31.2 Å². The van der Waals surface area contributed by atoms with Crippen molar-refractivity contribution in [3.8, 4) is 0 Å². The van der Waals surface area contributed by atoms with E-state index in [1.165, 1.54) is 0 Å². The van der Waals surface area contributed by atoms with Gasteiger partial charge in [0.15, 0.2) is 0 Å². The average Bonchev–Trinajstić information content (AvgIpc) is 2.35. The first-order valence-corrected chi connectivity index (χ1v) is 6.57. The molecule has 1 aromatic carbocycles. The van der Waals surface area contributed by atoms with E-state index in [-0.39, 0.29) is 5.91 Å². The van der Waals surface area contributed by atoms with Gasteiger partial charge in [0.2, 0.25) is 5.91 Å². The first-order chi connectivity index (χ1) is 7.65. The predicted octanol–water partition coefficient (Wildman–Crippen LogP) is 3.04. The molecule has 2 nitrogen and oxygen atoms in total. The summed E-state index contributed by atoms with van der Waals surface area (Å²) in [5, 5.41) is 0. The zero-order chi connectivity index (χ0) is 12.0. The molecule has 88 valence electrons. The molecule has 0 saturated heterocycles. The van der Waals surface area contributed by atoms with Crippen molar-refractivity contribution in [2.24, 2.45) is 0 Å². The molecule has 0 radical (unpaired) electrons. The maximum atomic E-state index is 11.8. The maximum Gasteiger partial charge on any atom is 0.232 e. The van der Waals surface area contributed by atoms with Crippen LogP contribution in [0, 0.1) is 0 Å². The Labute approximate surface area is 102 Å². The van der Waals surface area contributed by atoms with Crippen molar-refractivity contribution in [3.05, 3.63) is 30.3 Å². The minimum Gasteiger partial charge on any atom is -0.342 e. The van der Waals surface area contributed by atoms with E-state index in [1.807, 2.05) is 42.3 Å². The first kappa shape index (κ1) is 13.1. The quantitative estimate of drug-likeness (QED) is 0.734. The molecule has 0 bridgehead atoms. The molecule has 0 heterocycles. The smallest absolute Gasteiger partial charge is 0.232 e. The fraction of sp³-hybridized carbons (Fsp3) is 0.462. The Morgan fingerprint density at radius 1 is 1.38 bits per heavy atom. The second-order valence-electron chi connectivity index (χ2n) is 3.86. The number of nitrogens with zero attached hydrogens (tertiary/aromatic N) is 1. The molecule has 0 saturated carbocycles. The Kier molecular flexibility index (Phi) is 5.39. The molecule has 1 rings (SSSR count). The van der Waals surface area contributed by atoms with Crippen molar-refractivity contribution in [1.29, 1.82) is 0 Å².